The molecule has 2 aliphatic rings. The lowest BCUT2D eigenvalue weighted by Gasteiger charge is -2.29. The SMILES string of the molecule is CCC(C)[C@@H]1NC(=O)c2csc(n2)[C@@H](C(C)C)NC(=O)C2COC(=N2)[C@H](C(C)CC)NC(=O)c2csc(n2)[C@@H](C(C)C)NC(=O)[C@H]([C@@H](C)O)NC1=O. The molecule has 0 aromatic carbocycles. The van der Waals surface area contributed by atoms with Crippen LogP contribution in [0, 0.1) is 23.7 Å². The Hall–Kier alpha value is -3.96. The van der Waals surface area contributed by atoms with Crippen molar-refractivity contribution in [2.75, 3.05) is 6.61 Å². The van der Waals surface area contributed by atoms with Crippen molar-refractivity contribution in [1.82, 2.24) is 36.6 Å². The minimum atomic E-state index is -1.36. The quantitative estimate of drug-likeness (QED) is 0.245. The van der Waals surface area contributed by atoms with E-state index in [9.17, 15) is 29.1 Å². The van der Waals surface area contributed by atoms with E-state index in [1.54, 1.807) is 17.7 Å². The van der Waals surface area contributed by atoms with Gasteiger partial charge in [0.15, 0.2) is 6.04 Å². The number of aliphatic imine (C=N–C) groups is 1. The first kappa shape index (κ1) is 40.8. The Kier molecular flexibility index (Phi) is 13.9. The Morgan fingerprint density at radius 1 is 0.673 bits per heavy atom. The molecule has 3 unspecified atom stereocenters. The summed E-state index contributed by atoms with van der Waals surface area (Å²) in [5.41, 5.74) is 0.199. The van der Waals surface area contributed by atoms with Gasteiger partial charge in [0, 0.05) is 10.8 Å². The Morgan fingerprint density at radius 2 is 1.12 bits per heavy atom. The van der Waals surface area contributed by atoms with Crippen LogP contribution in [-0.2, 0) is 19.1 Å². The third kappa shape index (κ3) is 9.52. The molecule has 5 amide bonds. The number of nitrogens with zero attached hydrogens (tertiary/aromatic N) is 3. The van der Waals surface area contributed by atoms with Gasteiger partial charge in [0.1, 0.15) is 46.1 Å². The zero-order valence-electron chi connectivity index (χ0n) is 31.2. The standard InChI is InChI=1S/C35H52N8O7S2/c1-10-17(7)25-31(48)43-27(19(9)44)32(49)40-24(16(5)6)35-38-22(14-52-35)30(47)42-26(18(8)11-2)33-36-20(12-50-33)28(45)39-23(15(3)4)34-37-21(13-51-34)29(46)41-25/h13-20,23-27,44H,10-12H2,1-9H3,(H,39,45)(H,40,49)(H,41,46)(H,42,47)(H,43,48)/t17?,18?,19-,20?,23-,24-,25+,26+,27+/m1/s1. The predicted octanol–water partition coefficient (Wildman–Crippen LogP) is 2.89. The van der Waals surface area contributed by atoms with Gasteiger partial charge in [-0.3, -0.25) is 24.0 Å². The maximum absolute atomic E-state index is 13.7. The van der Waals surface area contributed by atoms with Crippen LogP contribution in [-0.4, -0.2) is 87.4 Å². The van der Waals surface area contributed by atoms with Crippen molar-refractivity contribution < 1.29 is 33.8 Å². The van der Waals surface area contributed by atoms with E-state index in [0.29, 0.717) is 22.9 Å². The first-order chi connectivity index (χ1) is 24.6. The molecule has 0 saturated heterocycles. The largest absolute Gasteiger partial charge is 0.477 e. The monoisotopic (exact) mass is 760 g/mol. The second kappa shape index (κ2) is 17.7. The van der Waals surface area contributed by atoms with Gasteiger partial charge >= 0.3 is 0 Å². The maximum Gasteiger partial charge on any atom is 0.271 e. The fraction of sp³-hybridized carbons (Fsp3) is 0.657. The van der Waals surface area contributed by atoms with Crippen LogP contribution in [0.3, 0.4) is 0 Å². The minimum absolute atomic E-state index is 0.0105. The summed E-state index contributed by atoms with van der Waals surface area (Å²) in [6, 6.07) is -5.14. The fourth-order valence-electron chi connectivity index (χ4n) is 5.75. The normalized spacial score (nSPS) is 26.9. The van der Waals surface area contributed by atoms with Gasteiger partial charge in [-0.15, -0.1) is 22.7 Å². The molecule has 52 heavy (non-hydrogen) atoms. The van der Waals surface area contributed by atoms with Gasteiger partial charge in [-0.25, -0.2) is 15.0 Å². The number of hydrogen-bond donors (Lipinski definition) is 6. The Labute approximate surface area is 312 Å². The van der Waals surface area contributed by atoms with Crippen LogP contribution >= 0.6 is 22.7 Å². The van der Waals surface area contributed by atoms with Gasteiger partial charge in [-0.2, -0.15) is 0 Å². The van der Waals surface area contributed by atoms with E-state index in [0.717, 1.165) is 0 Å². The van der Waals surface area contributed by atoms with Crippen molar-refractivity contribution >= 4 is 58.1 Å². The Bertz CT molecular complexity index is 1640. The van der Waals surface area contributed by atoms with Crippen molar-refractivity contribution in [3.05, 3.63) is 32.2 Å². The summed E-state index contributed by atoms with van der Waals surface area (Å²) < 4.78 is 5.92. The summed E-state index contributed by atoms with van der Waals surface area (Å²) in [7, 11) is 0. The number of carbonyl (C=O) groups excluding carboxylic acids is 5. The van der Waals surface area contributed by atoms with Gasteiger partial charge in [-0.05, 0) is 30.6 Å². The number of aliphatic hydroxyl groups is 1. The number of nitrogens with one attached hydrogen (secondary N) is 5. The molecule has 2 aliphatic heterocycles. The highest BCUT2D eigenvalue weighted by molar-refractivity contribution is 7.10. The number of ether oxygens (including phenoxy) is 1. The van der Waals surface area contributed by atoms with Crippen LogP contribution in [0.2, 0.25) is 0 Å². The molecule has 0 aliphatic carbocycles. The Morgan fingerprint density at radius 3 is 1.60 bits per heavy atom. The number of aliphatic hydroxyl groups excluding tert-OH is 1. The van der Waals surface area contributed by atoms with Crippen molar-refractivity contribution in [3.8, 4) is 0 Å². The third-order valence-corrected chi connectivity index (χ3v) is 11.4. The zero-order valence-corrected chi connectivity index (χ0v) is 32.8. The van der Waals surface area contributed by atoms with E-state index in [2.05, 4.69) is 41.5 Å². The van der Waals surface area contributed by atoms with Crippen molar-refractivity contribution in [1.29, 1.82) is 0 Å². The van der Waals surface area contributed by atoms with Gasteiger partial charge in [0.05, 0.1) is 18.2 Å². The molecule has 0 fully saturated rings. The van der Waals surface area contributed by atoms with Crippen molar-refractivity contribution in [3.63, 3.8) is 0 Å². The summed E-state index contributed by atoms with van der Waals surface area (Å²) in [5.74, 6) is -3.24. The van der Waals surface area contributed by atoms with E-state index in [-0.39, 0.29) is 53.5 Å². The smallest absolute Gasteiger partial charge is 0.271 e. The number of thiazole rings is 2. The Balaban J connectivity index is 1.76. The minimum Gasteiger partial charge on any atom is -0.477 e. The van der Waals surface area contributed by atoms with E-state index in [1.807, 2.05) is 48.5 Å². The van der Waals surface area contributed by atoms with Crippen LogP contribution in [0.1, 0.15) is 118 Å². The first-order valence-corrected chi connectivity index (χ1v) is 19.6. The van der Waals surface area contributed by atoms with Crippen LogP contribution < -0.4 is 26.6 Å². The summed E-state index contributed by atoms with van der Waals surface area (Å²) in [4.78, 5) is 81.8. The first-order valence-electron chi connectivity index (χ1n) is 17.9. The summed E-state index contributed by atoms with van der Waals surface area (Å²) in [6.45, 7) is 16.6. The maximum atomic E-state index is 13.7. The van der Waals surface area contributed by atoms with E-state index in [4.69, 9.17) is 4.74 Å². The summed E-state index contributed by atoms with van der Waals surface area (Å²) in [6.07, 6.45) is -0.0816. The average Bonchev–Trinajstić information content (AvgIpc) is 3.89. The number of hydrogen-bond acceptors (Lipinski definition) is 12. The van der Waals surface area contributed by atoms with E-state index in [1.165, 1.54) is 29.6 Å². The molecule has 0 radical (unpaired) electrons. The second-order valence-corrected chi connectivity index (χ2v) is 16.1. The number of amides is 5. The fourth-order valence-corrected chi connectivity index (χ4v) is 7.79. The third-order valence-electron chi connectivity index (χ3n) is 9.56. The molecule has 6 N–H and O–H groups in total. The molecule has 2 aromatic rings. The molecule has 0 spiro atoms. The topological polar surface area (TPSA) is 213 Å². The number of carbonyl (C=O) groups is 5. The lowest BCUT2D eigenvalue weighted by atomic mass is 9.97. The van der Waals surface area contributed by atoms with Crippen LogP contribution in [0.5, 0.6) is 0 Å². The molecule has 4 rings (SSSR count). The highest BCUT2D eigenvalue weighted by Gasteiger charge is 2.37. The average molecular weight is 761 g/mol. The molecule has 4 heterocycles. The summed E-state index contributed by atoms with van der Waals surface area (Å²) in [5, 5.41) is 29.1. The lowest BCUT2D eigenvalue weighted by molar-refractivity contribution is -0.133. The molecule has 15 nitrogen and oxygen atoms in total. The number of aromatic nitrogens is 2. The predicted molar refractivity (Wildman–Crippen MR) is 198 cm³/mol. The van der Waals surface area contributed by atoms with Crippen molar-refractivity contribution in [2.24, 2.45) is 28.7 Å². The van der Waals surface area contributed by atoms with Gasteiger partial charge < -0.3 is 36.4 Å². The van der Waals surface area contributed by atoms with E-state index < -0.39 is 66.0 Å². The van der Waals surface area contributed by atoms with Crippen LogP contribution in [0.25, 0.3) is 0 Å². The molecule has 0 saturated carbocycles. The molecule has 286 valence electrons. The van der Waals surface area contributed by atoms with Gasteiger partial charge in [0.2, 0.25) is 23.6 Å². The molecular weight excluding hydrogens is 709 g/mol. The molecule has 6 bridgehead atoms. The molecule has 17 heteroatoms. The van der Waals surface area contributed by atoms with Crippen molar-refractivity contribution in [2.45, 2.75) is 118 Å². The summed E-state index contributed by atoms with van der Waals surface area (Å²) >= 11 is 2.40. The number of fused-ring (bicyclic) bond motifs is 5. The number of rotatable bonds is 7. The van der Waals surface area contributed by atoms with E-state index >= 15 is 0 Å². The van der Waals surface area contributed by atoms with Crippen LogP contribution in [0.4, 0.5) is 0 Å². The highest BCUT2D eigenvalue weighted by Crippen LogP contribution is 2.28. The van der Waals surface area contributed by atoms with Gasteiger partial charge in [0.25, 0.3) is 11.8 Å². The lowest BCUT2D eigenvalue weighted by Crippen LogP contribution is -2.59. The second-order valence-electron chi connectivity index (χ2n) is 14.3. The highest BCUT2D eigenvalue weighted by atomic mass is 32.1. The molecule has 9 atom stereocenters. The molecule has 2 aromatic heterocycles. The van der Waals surface area contributed by atoms with Crippen LogP contribution in [0.15, 0.2) is 15.8 Å². The van der Waals surface area contributed by atoms with Gasteiger partial charge in [-0.1, -0.05) is 68.2 Å². The zero-order chi connectivity index (χ0) is 38.4. The molecular formula is C35H52N8O7S2.